The predicted octanol–water partition coefficient (Wildman–Crippen LogP) is 4.06. The van der Waals surface area contributed by atoms with Crippen molar-refractivity contribution in [2.24, 2.45) is 17.8 Å². The van der Waals surface area contributed by atoms with Gasteiger partial charge in [-0.2, -0.15) is 11.8 Å². The van der Waals surface area contributed by atoms with Crippen molar-refractivity contribution < 1.29 is 0 Å². The normalized spacial score (nSPS) is 18.0. The van der Waals surface area contributed by atoms with Gasteiger partial charge in [-0.25, -0.2) is 0 Å². The highest BCUT2D eigenvalue weighted by Gasteiger charge is 2.30. The third kappa shape index (κ3) is 3.01. The molecule has 0 heterocycles. The van der Waals surface area contributed by atoms with Crippen LogP contribution in [0.25, 0.3) is 0 Å². The topological polar surface area (TPSA) is 0 Å². The van der Waals surface area contributed by atoms with E-state index in [1.807, 2.05) is 11.8 Å². The molecule has 1 heteroatoms. The fourth-order valence-corrected chi connectivity index (χ4v) is 1.98. The van der Waals surface area contributed by atoms with Gasteiger partial charge in [-0.1, -0.05) is 41.5 Å². The molecule has 0 radical (unpaired) electrons. The molecule has 0 nitrogen and oxygen atoms in total. The zero-order chi connectivity index (χ0) is 9.94. The highest BCUT2D eigenvalue weighted by molar-refractivity contribution is 7.99. The van der Waals surface area contributed by atoms with Crippen LogP contribution in [0.3, 0.4) is 0 Å². The van der Waals surface area contributed by atoms with Gasteiger partial charge in [0.15, 0.2) is 0 Å². The molecule has 0 aliphatic heterocycles. The van der Waals surface area contributed by atoms with Gasteiger partial charge in [0.2, 0.25) is 0 Å². The third-order valence-corrected chi connectivity index (χ3v) is 4.89. The van der Waals surface area contributed by atoms with E-state index in [9.17, 15) is 0 Å². The Hall–Kier alpha value is 0.350. The largest absolute Gasteiger partial charge is 0.159 e. The number of rotatable bonds is 4. The average Bonchev–Trinajstić information content (AvgIpc) is 2.01. The van der Waals surface area contributed by atoms with E-state index in [0.717, 1.165) is 17.8 Å². The summed E-state index contributed by atoms with van der Waals surface area (Å²) in [4.78, 5) is 0. The summed E-state index contributed by atoms with van der Waals surface area (Å²) in [5.41, 5.74) is 0. The molecule has 0 aromatic carbocycles. The molecule has 2 atom stereocenters. The summed E-state index contributed by atoms with van der Waals surface area (Å²) in [6, 6.07) is 0. The maximum Gasteiger partial charge on any atom is 0.0129 e. The first-order valence-electron chi connectivity index (χ1n) is 4.88. The van der Waals surface area contributed by atoms with Gasteiger partial charge in [0.1, 0.15) is 0 Å². The van der Waals surface area contributed by atoms with E-state index in [2.05, 4.69) is 47.8 Å². The Morgan fingerprint density at radius 3 is 1.67 bits per heavy atom. The van der Waals surface area contributed by atoms with Gasteiger partial charge >= 0.3 is 0 Å². The first-order chi connectivity index (χ1) is 5.33. The lowest BCUT2D eigenvalue weighted by molar-refractivity contribution is 0.255. The summed E-state index contributed by atoms with van der Waals surface area (Å²) in [5.74, 6) is 2.39. The number of thioether (sulfide) groups is 1. The van der Waals surface area contributed by atoms with Crippen LogP contribution in [0.1, 0.15) is 41.5 Å². The summed E-state index contributed by atoms with van der Waals surface area (Å²) in [6.45, 7) is 14.1. The second-order valence-corrected chi connectivity index (χ2v) is 6.16. The summed E-state index contributed by atoms with van der Waals surface area (Å²) < 4.78 is 0.420. The van der Waals surface area contributed by atoms with E-state index < -0.39 is 0 Å². The van der Waals surface area contributed by atoms with Crippen molar-refractivity contribution >= 4 is 11.8 Å². The lowest BCUT2D eigenvalue weighted by atomic mass is 9.79. The van der Waals surface area contributed by atoms with Crippen LogP contribution in [-0.4, -0.2) is 11.0 Å². The van der Waals surface area contributed by atoms with Crippen LogP contribution >= 0.6 is 11.8 Å². The minimum atomic E-state index is 0.420. The number of hydrogen-bond acceptors (Lipinski definition) is 1. The molecule has 74 valence electrons. The predicted molar refractivity (Wildman–Crippen MR) is 60.8 cm³/mol. The van der Waals surface area contributed by atoms with Gasteiger partial charge < -0.3 is 0 Å². The van der Waals surface area contributed by atoms with Crippen molar-refractivity contribution in [1.29, 1.82) is 0 Å². The molecule has 0 spiro atoms. The first kappa shape index (κ1) is 12.3. The Morgan fingerprint density at radius 2 is 1.42 bits per heavy atom. The fourth-order valence-electron chi connectivity index (χ4n) is 1.40. The Labute approximate surface area is 82.5 Å². The van der Waals surface area contributed by atoms with E-state index >= 15 is 0 Å². The standard InChI is InChI=1S/C11H24S/c1-8(2)9(3)10(4)11(5,6)12-7/h8-10H,1-7H3. The van der Waals surface area contributed by atoms with Crippen molar-refractivity contribution in [2.45, 2.75) is 46.3 Å². The van der Waals surface area contributed by atoms with Crippen LogP contribution in [0.15, 0.2) is 0 Å². The molecular formula is C11H24S. The van der Waals surface area contributed by atoms with Crippen molar-refractivity contribution in [1.82, 2.24) is 0 Å². The second-order valence-electron chi connectivity index (χ2n) is 4.70. The molecule has 0 aliphatic rings. The van der Waals surface area contributed by atoms with E-state index in [-0.39, 0.29) is 0 Å². The van der Waals surface area contributed by atoms with Crippen LogP contribution < -0.4 is 0 Å². The molecule has 0 fully saturated rings. The highest BCUT2D eigenvalue weighted by atomic mass is 32.2. The van der Waals surface area contributed by atoms with E-state index in [1.165, 1.54) is 0 Å². The van der Waals surface area contributed by atoms with E-state index in [0.29, 0.717) is 4.75 Å². The van der Waals surface area contributed by atoms with E-state index in [4.69, 9.17) is 0 Å². The maximum absolute atomic E-state index is 2.38. The molecule has 0 bridgehead atoms. The Morgan fingerprint density at radius 1 is 1.00 bits per heavy atom. The minimum Gasteiger partial charge on any atom is -0.159 e. The Kier molecular flexibility index (Phi) is 4.68. The molecule has 0 saturated carbocycles. The second kappa shape index (κ2) is 4.55. The average molecular weight is 188 g/mol. The molecule has 0 rings (SSSR count). The van der Waals surface area contributed by atoms with Gasteiger partial charge in [-0.3, -0.25) is 0 Å². The SMILES string of the molecule is CSC(C)(C)C(C)C(C)C(C)C. The lowest BCUT2D eigenvalue weighted by Gasteiger charge is -2.36. The van der Waals surface area contributed by atoms with Crippen LogP contribution in [0.5, 0.6) is 0 Å². The van der Waals surface area contributed by atoms with Crippen molar-refractivity contribution in [3.05, 3.63) is 0 Å². The molecule has 0 aliphatic carbocycles. The lowest BCUT2D eigenvalue weighted by Crippen LogP contribution is -2.32. The maximum atomic E-state index is 2.38. The van der Waals surface area contributed by atoms with Crippen LogP contribution in [-0.2, 0) is 0 Å². The first-order valence-corrected chi connectivity index (χ1v) is 6.10. The molecule has 0 N–H and O–H groups in total. The van der Waals surface area contributed by atoms with Crippen LogP contribution in [0.4, 0.5) is 0 Å². The molecule has 0 amide bonds. The molecule has 0 aromatic heterocycles. The van der Waals surface area contributed by atoms with Crippen LogP contribution in [0.2, 0.25) is 0 Å². The zero-order valence-corrected chi connectivity index (χ0v) is 10.5. The summed E-state index contributed by atoms with van der Waals surface area (Å²) in [7, 11) is 0. The zero-order valence-electron chi connectivity index (χ0n) is 9.64. The van der Waals surface area contributed by atoms with Gasteiger partial charge in [0.05, 0.1) is 0 Å². The highest BCUT2D eigenvalue weighted by Crippen LogP contribution is 2.37. The van der Waals surface area contributed by atoms with Crippen molar-refractivity contribution in [3.63, 3.8) is 0 Å². The van der Waals surface area contributed by atoms with Gasteiger partial charge in [0.25, 0.3) is 0 Å². The summed E-state index contributed by atoms with van der Waals surface area (Å²) in [5, 5.41) is 0. The van der Waals surface area contributed by atoms with Crippen molar-refractivity contribution in [2.75, 3.05) is 6.26 Å². The molecule has 0 saturated heterocycles. The van der Waals surface area contributed by atoms with Crippen LogP contribution in [0, 0.1) is 17.8 Å². The van der Waals surface area contributed by atoms with E-state index in [1.54, 1.807) is 0 Å². The van der Waals surface area contributed by atoms with Gasteiger partial charge in [0, 0.05) is 4.75 Å². The Bertz CT molecular complexity index is 127. The Balaban J connectivity index is 4.27. The smallest absolute Gasteiger partial charge is 0.0129 e. The minimum absolute atomic E-state index is 0.420. The quantitative estimate of drug-likeness (QED) is 0.641. The summed E-state index contributed by atoms with van der Waals surface area (Å²) >= 11 is 1.98. The molecule has 12 heavy (non-hydrogen) atoms. The van der Waals surface area contributed by atoms with Gasteiger partial charge in [-0.05, 0) is 24.0 Å². The fraction of sp³-hybridized carbons (Fsp3) is 1.00. The van der Waals surface area contributed by atoms with Gasteiger partial charge in [-0.15, -0.1) is 0 Å². The van der Waals surface area contributed by atoms with Crippen molar-refractivity contribution in [3.8, 4) is 0 Å². The monoisotopic (exact) mass is 188 g/mol. The third-order valence-electron chi connectivity index (χ3n) is 3.46. The molecule has 2 unspecified atom stereocenters. The number of hydrogen-bond donors (Lipinski definition) is 0. The molecule has 0 aromatic rings. The summed E-state index contributed by atoms with van der Waals surface area (Å²) in [6.07, 6.45) is 2.21. The molecular weight excluding hydrogens is 164 g/mol.